The summed E-state index contributed by atoms with van der Waals surface area (Å²) >= 11 is 6.07. The molecule has 216 valence electrons. The standard InChI is InChI=1S/C31H43ClO7/c1-27(2,3)38-22-11-10-20-19-15-30(6,35)31-24(33)26(37-25(34)17-8-7-9-18(32)14-17)36-23(39-31)16-29(31,5)21(19)12-13-28(20,22)4/h7-9,14,19-24,26,33,35H,10-13,15-16H2,1-6H3/t19-,20-,21-,22-,23+,24+,26+,28-,29+,30+,31+/m0/s1. The zero-order valence-corrected chi connectivity index (χ0v) is 24.7. The molecule has 5 fully saturated rings. The lowest BCUT2D eigenvalue weighted by molar-refractivity contribution is -0.391. The largest absolute Gasteiger partial charge is 0.429 e. The quantitative estimate of drug-likeness (QED) is 0.471. The maximum Gasteiger partial charge on any atom is 0.340 e. The van der Waals surface area contributed by atoms with Gasteiger partial charge in [0.15, 0.2) is 6.29 Å². The number of aliphatic hydroxyl groups excluding tert-OH is 1. The summed E-state index contributed by atoms with van der Waals surface area (Å²) in [7, 11) is 0. The lowest BCUT2D eigenvalue weighted by Gasteiger charge is -2.66. The Balaban J connectivity index is 1.30. The molecule has 2 aliphatic heterocycles. The first kappa shape index (κ1) is 27.9. The first-order chi connectivity index (χ1) is 18.1. The van der Waals surface area contributed by atoms with E-state index in [9.17, 15) is 15.0 Å². The fourth-order valence-electron chi connectivity index (χ4n) is 9.70. The minimum Gasteiger partial charge on any atom is -0.429 e. The van der Waals surface area contributed by atoms with Crippen molar-refractivity contribution in [2.45, 2.75) is 122 Å². The number of hydrogen-bond donors (Lipinski definition) is 2. The smallest absolute Gasteiger partial charge is 0.340 e. The number of benzene rings is 1. The molecule has 11 atom stereocenters. The second-order valence-corrected chi connectivity index (χ2v) is 14.9. The fourth-order valence-corrected chi connectivity index (χ4v) is 9.89. The Morgan fingerprint density at radius 1 is 1.10 bits per heavy atom. The van der Waals surface area contributed by atoms with Crippen molar-refractivity contribution >= 4 is 17.6 Å². The van der Waals surface area contributed by atoms with Gasteiger partial charge in [-0.2, -0.15) is 0 Å². The Morgan fingerprint density at radius 3 is 2.54 bits per heavy atom. The topological polar surface area (TPSA) is 94.5 Å². The number of halogens is 1. The van der Waals surface area contributed by atoms with Gasteiger partial charge in [-0.25, -0.2) is 4.79 Å². The van der Waals surface area contributed by atoms with Crippen molar-refractivity contribution in [2.24, 2.45) is 28.6 Å². The van der Waals surface area contributed by atoms with Crippen molar-refractivity contribution in [3.8, 4) is 0 Å². The summed E-state index contributed by atoms with van der Waals surface area (Å²) in [6.45, 7) is 12.7. The molecule has 0 unspecified atom stereocenters. The number of rotatable bonds is 3. The van der Waals surface area contributed by atoms with Gasteiger partial charge in [-0.05, 0) is 101 Å². The van der Waals surface area contributed by atoms with E-state index >= 15 is 0 Å². The van der Waals surface area contributed by atoms with Crippen LogP contribution >= 0.6 is 11.6 Å². The van der Waals surface area contributed by atoms with E-state index in [-0.39, 0.29) is 34.5 Å². The predicted octanol–water partition coefficient (Wildman–Crippen LogP) is 5.49. The second-order valence-electron chi connectivity index (χ2n) is 14.5. The van der Waals surface area contributed by atoms with Crippen LogP contribution in [0.1, 0.15) is 90.4 Å². The van der Waals surface area contributed by atoms with E-state index in [0.717, 1.165) is 25.7 Å². The van der Waals surface area contributed by atoms with E-state index in [2.05, 4.69) is 34.6 Å². The van der Waals surface area contributed by atoms with E-state index in [1.54, 1.807) is 25.1 Å². The minimum absolute atomic E-state index is 0.0457. The van der Waals surface area contributed by atoms with Crippen LogP contribution in [0.5, 0.6) is 0 Å². The highest BCUT2D eigenvalue weighted by atomic mass is 35.5. The van der Waals surface area contributed by atoms with Crippen LogP contribution in [-0.2, 0) is 18.9 Å². The number of aliphatic hydroxyl groups is 2. The Morgan fingerprint density at radius 2 is 1.85 bits per heavy atom. The fraction of sp³-hybridized carbons (Fsp3) is 0.774. The molecule has 0 radical (unpaired) electrons. The van der Waals surface area contributed by atoms with Gasteiger partial charge >= 0.3 is 5.97 Å². The van der Waals surface area contributed by atoms with Crippen LogP contribution in [0.4, 0.5) is 0 Å². The van der Waals surface area contributed by atoms with Gasteiger partial charge in [0.05, 0.1) is 22.9 Å². The van der Waals surface area contributed by atoms with Crippen LogP contribution in [0.3, 0.4) is 0 Å². The van der Waals surface area contributed by atoms with Gasteiger partial charge in [0, 0.05) is 16.9 Å². The first-order valence-electron chi connectivity index (χ1n) is 14.5. The van der Waals surface area contributed by atoms with Crippen LogP contribution in [0.15, 0.2) is 24.3 Å². The molecule has 5 aliphatic rings. The third kappa shape index (κ3) is 3.98. The zero-order valence-electron chi connectivity index (χ0n) is 23.9. The third-order valence-corrected chi connectivity index (χ3v) is 11.3. The summed E-state index contributed by atoms with van der Waals surface area (Å²) in [5, 5.41) is 24.5. The SMILES string of the molecule is CC(C)(C)O[C@H]1CC[C@H]2[C@@H]3C[C@@](C)(O)[C@]45O[C@H](C[C@]4(C)[C@H]3CC[C@]12C)O[C@H](OC(=O)c1cccc(Cl)c1)[C@H]5O. The van der Waals surface area contributed by atoms with Crippen molar-refractivity contribution < 1.29 is 34.0 Å². The molecule has 8 heteroatoms. The van der Waals surface area contributed by atoms with Crippen LogP contribution in [0.2, 0.25) is 5.02 Å². The Hall–Kier alpha value is -1.22. The number of esters is 1. The number of ether oxygens (including phenoxy) is 4. The van der Waals surface area contributed by atoms with Crippen LogP contribution in [0.25, 0.3) is 0 Å². The Bertz CT molecular complexity index is 1150. The lowest BCUT2D eigenvalue weighted by Crippen LogP contribution is -2.76. The molecule has 2 saturated heterocycles. The molecule has 1 spiro atoms. The number of carbonyl (C=O) groups excluding carboxylic acids is 1. The van der Waals surface area contributed by atoms with Crippen molar-refractivity contribution in [3.63, 3.8) is 0 Å². The Labute approximate surface area is 236 Å². The maximum absolute atomic E-state index is 13.0. The van der Waals surface area contributed by atoms with Crippen molar-refractivity contribution in [3.05, 3.63) is 34.9 Å². The van der Waals surface area contributed by atoms with E-state index in [1.807, 2.05) is 0 Å². The molecule has 0 amide bonds. The summed E-state index contributed by atoms with van der Waals surface area (Å²) < 4.78 is 24.8. The molecule has 39 heavy (non-hydrogen) atoms. The predicted molar refractivity (Wildman–Crippen MR) is 145 cm³/mol. The average molecular weight is 563 g/mol. The van der Waals surface area contributed by atoms with E-state index in [4.69, 9.17) is 30.5 Å². The van der Waals surface area contributed by atoms with E-state index in [1.165, 1.54) is 6.07 Å². The lowest BCUT2D eigenvalue weighted by atomic mass is 9.42. The van der Waals surface area contributed by atoms with Gasteiger partial charge in [-0.1, -0.05) is 31.5 Å². The molecule has 3 saturated carbocycles. The first-order valence-corrected chi connectivity index (χ1v) is 14.9. The van der Waals surface area contributed by atoms with Crippen molar-refractivity contribution in [1.29, 1.82) is 0 Å². The van der Waals surface area contributed by atoms with Gasteiger partial charge < -0.3 is 29.2 Å². The van der Waals surface area contributed by atoms with Gasteiger partial charge in [0.2, 0.25) is 6.29 Å². The molecule has 6 rings (SSSR count). The van der Waals surface area contributed by atoms with Crippen LogP contribution in [-0.4, -0.2) is 57.8 Å². The zero-order chi connectivity index (χ0) is 28.2. The second kappa shape index (κ2) is 8.89. The third-order valence-electron chi connectivity index (χ3n) is 11.1. The summed E-state index contributed by atoms with van der Waals surface area (Å²) in [6, 6.07) is 6.47. The molecule has 2 bridgehead atoms. The minimum atomic E-state index is -1.36. The normalized spacial score (nSPS) is 48.7. The van der Waals surface area contributed by atoms with Gasteiger partial charge in [0.25, 0.3) is 0 Å². The molecular formula is C31H43ClO7. The number of fused-ring (bicyclic) bond motifs is 5. The number of carbonyl (C=O) groups is 1. The van der Waals surface area contributed by atoms with Gasteiger partial charge in [-0.15, -0.1) is 0 Å². The molecule has 2 N–H and O–H groups in total. The average Bonchev–Trinajstić information content (AvgIpc) is 3.29. The highest BCUT2D eigenvalue weighted by molar-refractivity contribution is 6.30. The maximum atomic E-state index is 13.0. The highest BCUT2D eigenvalue weighted by Crippen LogP contribution is 2.72. The molecule has 7 nitrogen and oxygen atoms in total. The van der Waals surface area contributed by atoms with Gasteiger partial charge in [0.1, 0.15) is 11.7 Å². The van der Waals surface area contributed by atoms with E-state index < -0.39 is 41.3 Å². The van der Waals surface area contributed by atoms with Crippen LogP contribution in [0, 0.1) is 28.6 Å². The molecule has 1 aromatic carbocycles. The van der Waals surface area contributed by atoms with Crippen molar-refractivity contribution in [1.82, 2.24) is 0 Å². The monoisotopic (exact) mass is 562 g/mol. The molecule has 2 heterocycles. The number of hydrogen-bond acceptors (Lipinski definition) is 7. The summed E-state index contributed by atoms with van der Waals surface area (Å²) in [4.78, 5) is 13.0. The summed E-state index contributed by atoms with van der Waals surface area (Å²) in [5.41, 5.74) is -3.13. The molecule has 3 aliphatic carbocycles. The Kier molecular flexibility index (Phi) is 6.37. The molecule has 0 aromatic heterocycles. The summed E-state index contributed by atoms with van der Waals surface area (Å²) in [5.74, 6) is 0.276. The highest BCUT2D eigenvalue weighted by Gasteiger charge is 2.79. The summed E-state index contributed by atoms with van der Waals surface area (Å²) in [6.07, 6.45) is 2.02. The van der Waals surface area contributed by atoms with Gasteiger partial charge in [-0.3, -0.25) is 0 Å². The molecular weight excluding hydrogens is 520 g/mol. The molecule has 1 aromatic rings. The van der Waals surface area contributed by atoms with Crippen LogP contribution < -0.4 is 0 Å². The van der Waals surface area contributed by atoms with Crippen molar-refractivity contribution in [2.75, 3.05) is 0 Å². The van der Waals surface area contributed by atoms with E-state index in [0.29, 0.717) is 23.8 Å².